The topological polar surface area (TPSA) is 3.24 Å². The quantitative estimate of drug-likeness (QED) is 0.595. The molecule has 0 aliphatic carbocycles. The summed E-state index contributed by atoms with van der Waals surface area (Å²) in [6, 6.07) is 12.6. The van der Waals surface area contributed by atoms with E-state index in [-0.39, 0.29) is 0 Å². The molecule has 0 aliphatic rings. The van der Waals surface area contributed by atoms with E-state index < -0.39 is 0 Å². The maximum absolute atomic E-state index is 3.27. The molecule has 1 nitrogen and oxygen atoms in total. The normalized spacial score (nSPS) is 10.6. The van der Waals surface area contributed by atoms with Crippen molar-refractivity contribution in [3.05, 3.63) is 35.9 Å². The van der Waals surface area contributed by atoms with E-state index >= 15 is 0 Å². The van der Waals surface area contributed by atoms with Crippen LogP contribution in [-0.4, -0.2) is 17.0 Å². The second-order valence-electron chi connectivity index (χ2n) is 4.25. The van der Waals surface area contributed by atoms with Gasteiger partial charge in [-0.3, -0.25) is 4.90 Å². The maximum atomic E-state index is 3.27. The molecule has 0 saturated carbocycles. The van der Waals surface area contributed by atoms with E-state index in [1.807, 2.05) is 12.1 Å². The van der Waals surface area contributed by atoms with Gasteiger partial charge in [-0.25, -0.2) is 0 Å². The summed E-state index contributed by atoms with van der Waals surface area (Å²) in [6.07, 6.45) is 0. The number of benzene rings is 1. The molecule has 0 fully saturated rings. The Bertz CT molecular complexity index is 254. The van der Waals surface area contributed by atoms with Crippen molar-refractivity contribution in [1.82, 2.24) is 4.90 Å². The van der Waals surface area contributed by atoms with E-state index in [0.29, 0.717) is 12.1 Å². The van der Waals surface area contributed by atoms with Crippen molar-refractivity contribution in [1.29, 1.82) is 0 Å². The summed E-state index contributed by atoms with van der Waals surface area (Å²) in [5, 5.41) is 0. The molecule has 1 rings (SSSR count). The number of hydrogen-bond donors (Lipinski definition) is 0. The van der Waals surface area contributed by atoms with Crippen LogP contribution in [0.15, 0.2) is 24.3 Å². The summed E-state index contributed by atoms with van der Waals surface area (Å²) in [5.41, 5.74) is 1.27. The minimum atomic E-state index is 0.587. The second-order valence-corrected chi connectivity index (χ2v) is 4.25. The molecule has 0 aromatic heterocycles. The first-order valence-corrected chi connectivity index (χ1v) is 12.5. The van der Waals surface area contributed by atoms with Crippen LogP contribution in [0.1, 0.15) is 33.3 Å². The molecule has 0 aliphatic heterocycles. The predicted octanol–water partition coefficient (Wildman–Crippen LogP) is 3.95. The molecule has 0 amide bonds. The summed E-state index contributed by atoms with van der Waals surface area (Å²) in [6.45, 7) is 9.95. The van der Waals surface area contributed by atoms with E-state index in [9.17, 15) is 0 Å². The van der Waals surface area contributed by atoms with E-state index in [1.165, 1.54) is 21.9 Å². The molecular weight excluding hydrogens is 315 g/mol. The van der Waals surface area contributed by atoms with Crippen molar-refractivity contribution in [3.8, 4) is 0 Å². The average molecular weight is 336 g/mol. The molecule has 3 heteroatoms. The number of hydrogen-bond acceptors (Lipinski definition) is 1. The van der Waals surface area contributed by atoms with Gasteiger partial charge in [-0.1, -0.05) is 0 Å². The fraction of sp³-hybridized carbons (Fsp3) is 0.538. The third-order valence-corrected chi connectivity index (χ3v) is 2.45. The van der Waals surface area contributed by atoms with Gasteiger partial charge >= 0.3 is 30.0 Å². The Kier molecular flexibility index (Phi) is 9.49. The van der Waals surface area contributed by atoms with Crippen LogP contribution in [-0.2, 0) is 22.9 Å². The van der Waals surface area contributed by atoms with Crippen LogP contribution in [0.25, 0.3) is 0 Å². The SMILES string of the molecule is CC(C)N(Cc1[c-]cccc1)C(C)C.[Zn+][Br]. The first-order valence-electron chi connectivity index (χ1n) is 5.59. The van der Waals surface area contributed by atoms with Crippen molar-refractivity contribution >= 4 is 13.6 Å². The molecule has 0 radical (unpaired) electrons. The predicted molar refractivity (Wildman–Crippen MR) is 70.0 cm³/mol. The van der Waals surface area contributed by atoms with Crippen molar-refractivity contribution in [2.45, 2.75) is 46.3 Å². The van der Waals surface area contributed by atoms with Crippen LogP contribution >= 0.6 is 13.6 Å². The van der Waals surface area contributed by atoms with Crippen LogP contribution in [0.2, 0.25) is 0 Å². The Hall–Kier alpha value is 0.283. The van der Waals surface area contributed by atoms with Crippen LogP contribution in [0.4, 0.5) is 0 Å². The fourth-order valence-electron chi connectivity index (χ4n) is 1.69. The molecule has 0 heterocycles. The molecule has 86 valence electrons. The monoisotopic (exact) mass is 333 g/mol. The number of nitrogens with zero attached hydrogens (tertiary/aromatic N) is 1. The molecule has 0 bridgehead atoms. The molecule has 0 saturated heterocycles. The van der Waals surface area contributed by atoms with Crippen molar-refractivity contribution in [3.63, 3.8) is 0 Å². The zero-order valence-electron chi connectivity index (χ0n) is 10.7. The van der Waals surface area contributed by atoms with Gasteiger partial charge in [0.2, 0.25) is 0 Å². The van der Waals surface area contributed by atoms with Gasteiger partial charge < -0.3 is 0 Å². The Morgan fingerprint density at radius 1 is 1.19 bits per heavy atom. The van der Waals surface area contributed by atoms with Gasteiger partial charge in [0.15, 0.2) is 0 Å². The van der Waals surface area contributed by atoms with Gasteiger partial charge in [-0.05, 0) is 27.7 Å². The number of halogens is 1. The standard InChI is InChI=1S/C13H20N.BrH.Zn/c1-11(2)14(12(3)4)10-13-8-6-5-7-9-13;;/h5-8,11-12H,10H2,1-4H3;1H;/q-1;;+2/p-1. The van der Waals surface area contributed by atoms with E-state index in [0.717, 1.165) is 6.54 Å². The molecule has 0 N–H and O–H groups in total. The fourth-order valence-corrected chi connectivity index (χ4v) is 1.69. The van der Waals surface area contributed by atoms with E-state index in [2.05, 4.69) is 64.4 Å². The zero-order chi connectivity index (χ0) is 12.6. The van der Waals surface area contributed by atoms with Crippen molar-refractivity contribution in [2.24, 2.45) is 0 Å². The van der Waals surface area contributed by atoms with E-state index in [4.69, 9.17) is 0 Å². The Balaban J connectivity index is 0.00000106. The van der Waals surface area contributed by atoms with Gasteiger partial charge in [0.05, 0.1) is 0 Å². The molecule has 0 spiro atoms. The van der Waals surface area contributed by atoms with Gasteiger partial charge in [0.25, 0.3) is 0 Å². The van der Waals surface area contributed by atoms with Gasteiger partial charge in [-0.2, -0.15) is 30.3 Å². The van der Waals surface area contributed by atoms with Crippen LogP contribution in [0.5, 0.6) is 0 Å². The molecule has 1 aromatic carbocycles. The first-order chi connectivity index (χ1) is 7.61. The van der Waals surface area contributed by atoms with Crippen molar-refractivity contribution < 1.29 is 16.3 Å². The van der Waals surface area contributed by atoms with Gasteiger partial charge in [-0.15, -0.1) is 5.56 Å². The Morgan fingerprint density at radius 2 is 1.75 bits per heavy atom. The van der Waals surface area contributed by atoms with Gasteiger partial charge in [0, 0.05) is 18.6 Å². The first kappa shape index (κ1) is 16.3. The number of rotatable bonds is 4. The Morgan fingerprint density at radius 3 is 2.12 bits per heavy atom. The van der Waals surface area contributed by atoms with Crippen LogP contribution < -0.4 is 0 Å². The average Bonchev–Trinajstić information content (AvgIpc) is 2.29. The summed E-state index contributed by atoms with van der Waals surface area (Å²) in [7, 11) is 0. The summed E-state index contributed by atoms with van der Waals surface area (Å²) < 4.78 is 0. The second kappa shape index (κ2) is 9.33. The summed E-state index contributed by atoms with van der Waals surface area (Å²) >= 11 is 4.25. The minimum absolute atomic E-state index is 0.587. The molecule has 16 heavy (non-hydrogen) atoms. The molecular formula is C13H20BrNZn. The zero-order valence-corrected chi connectivity index (χ0v) is 15.3. The van der Waals surface area contributed by atoms with Crippen LogP contribution in [0.3, 0.4) is 0 Å². The third-order valence-electron chi connectivity index (χ3n) is 2.45. The molecule has 1 aromatic rings. The molecule has 0 atom stereocenters. The summed E-state index contributed by atoms with van der Waals surface area (Å²) in [4.78, 5) is 2.46. The Labute approximate surface area is 117 Å². The molecule has 0 unspecified atom stereocenters. The summed E-state index contributed by atoms with van der Waals surface area (Å²) in [5.74, 6) is 0. The van der Waals surface area contributed by atoms with Crippen LogP contribution in [0, 0.1) is 6.07 Å². The van der Waals surface area contributed by atoms with Crippen molar-refractivity contribution in [2.75, 3.05) is 0 Å². The third kappa shape index (κ3) is 6.13. The van der Waals surface area contributed by atoms with E-state index in [1.54, 1.807) is 0 Å². The van der Waals surface area contributed by atoms with Gasteiger partial charge in [0.1, 0.15) is 0 Å².